The lowest BCUT2D eigenvalue weighted by Gasteiger charge is -2.29. The van der Waals surface area contributed by atoms with E-state index in [1.54, 1.807) is 54.2 Å². The smallest absolute Gasteiger partial charge is 0.359 e. The summed E-state index contributed by atoms with van der Waals surface area (Å²) in [7, 11) is 1.58. The Morgan fingerprint density at radius 1 is 0.944 bits per heavy atom. The van der Waals surface area contributed by atoms with Gasteiger partial charge in [0.15, 0.2) is 5.69 Å². The normalized spacial score (nSPS) is 15.2. The lowest BCUT2D eigenvalue weighted by Crippen LogP contribution is -2.39. The van der Waals surface area contributed by atoms with E-state index in [4.69, 9.17) is 9.47 Å². The van der Waals surface area contributed by atoms with Gasteiger partial charge in [-0.05, 0) is 74.4 Å². The molecule has 2 aliphatic rings. The number of benzene rings is 2. The zero-order valence-corrected chi connectivity index (χ0v) is 20.1. The minimum Gasteiger partial charge on any atom is -0.497 e. The first-order valence-corrected chi connectivity index (χ1v) is 11.8. The van der Waals surface area contributed by atoms with Crippen molar-refractivity contribution in [2.75, 3.05) is 36.6 Å². The van der Waals surface area contributed by atoms with E-state index in [0.29, 0.717) is 47.9 Å². The van der Waals surface area contributed by atoms with Gasteiger partial charge in [0.05, 0.1) is 19.4 Å². The lowest BCUT2D eigenvalue weighted by atomic mass is 10.0. The molecule has 0 bridgehead atoms. The summed E-state index contributed by atoms with van der Waals surface area (Å²) in [4.78, 5) is 42.0. The Labute approximate surface area is 208 Å². The summed E-state index contributed by atoms with van der Waals surface area (Å²) in [6.07, 6.45) is 4.70. The molecule has 9 nitrogen and oxygen atoms in total. The van der Waals surface area contributed by atoms with Crippen LogP contribution < -0.4 is 14.5 Å². The molecule has 0 unspecified atom stereocenters. The molecule has 9 heteroatoms. The van der Waals surface area contributed by atoms with Crippen molar-refractivity contribution in [3.63, 3.8) is 0 Å². The molecule has 5 rings (SSSR count). The van der Waals surface area contributed by atoms with E-state index in [-0.39, 0.29) is 24.1 Å². The number of esters is 1. The maximum absolute atomic E-state index is 13.8. The average Bonchev–Trinajstić information content (AvgIpc) is 3.30. The number of methoxy groups -OCH3 is 1. The molecule has 0 atom stereocenters. The van der Waals surface area contributed by atoms with Crippen LogP contribution in [0, 0.1) is 0 Å². The number of hydrogen-bond donors (Lipinski definition) is 0. The van der Waals surface area contributed by atoms with Gasteiger partial charge in [0, 0.05) is 30.0 Å². The van der Waals surface area contributed by atoms with Crippen LogP contribution in [0.25, 0.3) is 5.69 Å². The Balaban J connectivity index is 1.50. The Bertz CT molecular complexity index is 1340. The minimum absolute atomic E-state index is 0.0532. The van der Waals surface area contributed by atoms with Gasteiger partial charge < -0.3 is 19.3 Å². The molecule has 0 radical (unpaired) electrons. The molecular formula is C27H26N4O5. The Kier molecular flexibility index (Phi) is 6.28. The third kappa shape index (κ3) is 4.13. The van der Waals surface area contributed by atoms with Gasteiger partial charge in [-0.1, -0.05) is 6.08 Å². The van der Waals surface area contributed by atoms with Crippen LogP contribution in [0.2, 0.25) is 0 Å². The van der Waals surface area contributed by atoms with Crippen LogP contribution in [0.4, 0.5) is 11.4 Å². The summed E-state index contributed by atoms with van der Waals surface area (Å²) in [6.45, 7) is 2.95. The summed E-state index contributed by atoms with van der Waals surface area (Å²) >= 11 is 0. The van der Waals surface area contributed by atoms with E-state index in [1.165, 1.54) is 4.68 Å². The van der Waals surface area contributed by atoms with E-state index in [0.717, 1.165) is 12.1 Å². The molecule has 2 amide bonds. The number of aromatic nitrogens is 2. The first kappa shape index (κ1) is 23.3. The quantitative estimate of drug-likeness (QED) is 0.495. The topological polar surface area (TPSA) is 94.0 Å². The number of hydrogen-bond acceptors (Lipinski definition) is 6. The number of carbonyl (C=O) groups is 3. The molecule has 184 valence electrons. The number of nitrogens with zero attached hydrogens (tertiary/aromatic N) is 4. The van der Waals surface area contributed by atoms with Crippen LogP contribution in [0.1, 0.15) is 39.9 Å². The fourth-order valence-electron chi connectivity index (χ4n) is 4.54. The summed E-state index contributed by atoms with van der Waals surface area (Å²) in [5.74, 6) is -0.199. The molecule has 0 aliphatic carbocycles. The maximum Gasteiger partial charge on any atom is 0.359 e. The number of carbonyl (C=O) groups excluding carboxylic acids is 3. The van der Waals surface area contributed by atoms with Gasteiger partial charge in [0.2, 0.25) is 0 Å². The SMILES string of the molecule is CCOC(=O)c1nn(-c2ccc(OC)cc2)c2c1CCN(c1ccc(N3CCC=CC3=O)cc1)C2=O. The van der Waals surface area contributed by atoms with Crippen molar-refractivity contribution in [3.8, 4) is 11.4 Å². The molecular weight excluding hydrogens is 460 g/mol. The third-order valence-electron chi connectivity index (χ3n) is 6.32. The number of anilines is 2. The molecule has 0 saturated carbocycles. The maximum atomic E-state index is 13.8. The van der Waals surface area contributed by atoms with Gasteiger partial charge in [0.1, 0.15) is 11.4 Å². The summed E-state index contributed by atoms with van der Waals surface area (Å²) in [5.41, 5.74) is 3.18. The van der Waals surface area contributed by atoms with Crippen molar-refractivity contribution in [1.29, 1.82) is 0 Å². The standard InChI is InChI=1S/C27H26N4O5/c1-3-36-27(34)24-22-15-17-30(19-9-7-18(8-10-19)29-16-5-4-6-23(29)32)26(33)25(22)31(28-24)20-11-13-21(35-2)14-12-20/h4,6-14H,3,5,15-17H2,1-2H3. The summed E-state index contributed by atoms with van der Waals surface area (Å²) in [6, 6.07) is 14.5. The van der Waals surface area contributed by atoms with E-state index in [2.05, 4.69) is 5.10 Å². The lowest BCUT2D eigenvalue weighted by molar-refractivity contribution is -0.114. The van der Waals surface area contributed by atoms with E-state index in [9.17, 15) is 14.4 Å². The zero-order chi connectivity index (χ0) is 25.2. The fourth-order valence-corrected chi connectivity index (χ4v) is 4.54. The van der Waals surface area contributed by atoms with Gasteiger partial charge in [-0.2, -0.15) is 5.10 Å². The zero-order valence-electron chi connectivity index (χ0n) is 20.1. The van der Waals surface area contributed by atoms with Crippen LogP contribution in [-0.2, 0) is 16.0 Å². The fraction of sp³-hybridized carbons (Fsp3) is 0.259. The minimum atomic E-state index is -0.549. The van der Waals surface area contributed by atoms with Crippen LogP contribution >= 0.6 is 0 Å². The average molecular weight is 487 g/mol. The van der Waals surface area contributed by atoms with Crippen LogP contribution in [-0.4, -0.2) is 54.4 Å². The van der Waals surface area contributed by atoms with E-state index in [1.807, 2.05) is 30.3 Å². The van der Waals surface area contributed by atoms with Gasteiger partial charge in [-0.3, -0.25) is 9.59 Å². The second-order valence-electron chi connectivity index (χ2n) is 8.41. The number of amides is 2. The Hall–Kier alpha value is -4.40. The van der Waals surface area contributed by atoms with Gasteiger partial charge >= 0.3 is 5.97 Å². The molecule has 1 aromatic heterocycles. The van der Waals surface area contributed by atoms with Crippen LogP contribution in [0.3, 0.4) is 0 Å². The molecule has 2 aliphatic heterocycles. The van der Waals surface area contributed by atoms with E-state index < -0.39 is 5.97 Å². The predicted octanol–water partition coefficient (Wildman–Crippen LogP) is 3.55. The highest BCUT2D eigenvalue weighted by atomic mass is 16.5. The van der Waals surface area contributed by atoms with Gasteiger partial charge in [0.25, 0.3) is 11.8 Å². The number of ether oxygens (including phenoxy) is 2. The molecule has 0 spiro atoms. The monoisotopic (exact) mass is 486 g/mol. The third-order valence-corrected chi connectivity index (χ3v) is 6.32. The molecule has 0 fully saturated rings. The highest BCUT2D eigenvalue weighted by molar-refractivity contribution is 6.09. The summed E-state index contributed by atoms with van der Waals surface area (Å²) < 4.78 is 12.0. The second-order valence-corrected chi connectivity index (χ2v) is 8.41. The molecule has 0 saturated heterocycles. The number of fused-ring (bicyclic) bond motifs is 1. The van der Waals surface area contributed by atoms with Gasteiger partial charge in [-0.15, -0.1) is 0 Å². The predicted molar refractivity (Wildman–Crippen MR) is 134 cm³/mol. The number of rotatable bonds is 6. The Morgan fingerprint density at radius 3 is 2.25 bits per heavy atom. The molecule has 2 aromatic carbocycles. The van der Waals surface area contributed by atoms with Crippen molar-refractivity contribution in [2.45, 2.75) is 19.8 Å². The molecule has 3 heterocycles. The molecule has 36 heavy (non-hydrogen) atoms. The van der Waals surface area contributed by atoms with Gasteiger partial charge in [-0.25, -0.2) is 9.48 Å². The first-order valence-electron chi connectivity index (χ1n) is 11.8. The largest absolute Gasteiger partial charge is 0.497 e. The van der Waals surface area contributed by atoms with Crippen molar-refractivity contribution in [1.82, 2.24) is 9.78 Å². The van der Waals surface area contributed by atoms with Crippen LogP contribution in [0.5, 0.6) is 5.75 Å². The highest BCUT2D eigenvalue weighted by Gasteiger charge is 2.35. The van der Waals surface area contributed by atoms with E-state index >= 15 is 0 Å². The Morgan fingerprint density at radius 2 is 1.61 bits per heavy atom. The molecule has 0 N–H and O–H groups in total. The first-order chi connectivity index (χ1) is 17.5. The van der Waals surface area contributed by atoms with Crippen molar-refractivity contribution >= 4 is 29.2 Å². The van der Waals surface area contributed by atoms with Crippen molar-refractivity contribution in [3.05, 3.63) is 77.6 Å². The summed E-state index contributed by atoms with van der Waals surface area (Å²) in [5, 5.41) is 4.50. The highest BCUT2D eigenvalue weighted by Crippen LogP contribution is 2.31. The van der Waals surface area contributed by atoms with Crippen LogP contribution in [0.15, 0.2) is 60.7 Å². The second kappa shape index (κ2) is 9.69. The van der Waals surface area contributed by atoms with Crippen molar-refractivity contribution < 1.29 is 23.9 Å². The molecule has 3 aromatic rings. The van der Waals surface area contributed by atoms with Crippen molar-refractivity contribution in [2.24, 2.45) is 0 Å².